The van der Waals surface area contributed by atoms with Gasteiger partial charge in [-0.3, -0.25) is 0 Å². The van der Waals surface area contributed by atoms with Gasteiger partial charge in [-0.1, -0.05) is 189 Å². The molecular formula is C58H39NS. The molecule has 1 heterocycles. The van der Waals surface area contributed by atoms with Crippen LogP contribution in [0.25, 0.3) is 54.6 Å². The maximum absolute atomic E-state index is 2.51. The van der Waals surface area contributed by atoms with E-state index in [0.717, 1.165) is 11.4 Å². The van der Waals surface area contributed by atoms with Gasteiger partial charge in [-0.2, -0.15) is 0 Å². The highest BCUT2D eigenvalue weighted by molar-refractivity contribution is 7.99. The summed E-state index contributed by atoms with van der Waals surface area (Å²) < 4.78 is 0. The molecule has 0 saturated heterocycles. The quantitative estimate of drug-likeness (QED) is 0.176. The lowest BCUT2D eigenvalue weighted by molar-refractivity contribution is 0.666. The minimum absolute atomic E-state index is 0.181. The first-order chi connectivity index (χ1) is 29.5. The molecule has 1 spiro atoms. The summed E-state index contributed by atoms with van der Waals surface area (Å²) in [5.74, 6) is 0. The van der Waals surface area contributed by atoms with Gasteiger partial charge >= 0.3 is 0 Å². The third-order valence-corrected chi connectivity index (χ3v) is 15.0. The predicted molar refractivity (Wildman–Crippen MR) is 253 cm³/mol. The van der Waals surface area contributed by atoms with Crippen LogP contribution in [0.15, 0.2) is 210 Å². The molecule has 1 nitrogen and oxygen atoms in total. The third-order valence-electron chi connectivity index (χ3n) is 13.9. The molecule has 0 bridgehead atoms. The summed E-state index contributed by atoms with van der Waals surface area (Å²) in [5.41, 5.74) is 16.3. The van der Waals surface area contributed by atoms with Crippen LogP contribution in [-0.4, -0.2) is 0 Å². The van der Waals surface area contributed by atoms with Gasteiger partial charge in [0, 0.05) is 32.0 Å². The number of nitrogens with zero attached hydrogens (tertiary/aromatic N) is 1. The largest absolute Gasteiger partial charge is 0.310 e. The lowest BCUT2D eigenvalue weighted by Crippen LogP contribution is -2.36. The van der Waals surface area contributed by atoms with Gasteiger partial charge < -0.3 is 4.90 Å². The molecule has 0 fully saturated rings. The predicted octanol–water partition coefficient (Wildman–Crippen LogP) is 15.7. The van der Waals surface area contributed by atoms with E-state index in [4.69, 9.17) is 0 Å². The maximum Gasteiger partial charge on any atom is 0.0735 e. The molecule has 0 amide bonds. The molecule has 0 radical (unpaired) electrons. The first kappa shape index (κ1) is 34.0. The highest BCUT2D eigenvalue weighted by atomic mass is 32.2. The molecule has 13 rings (SSSR count). The molecular weight excluding hydrogens is 743 g/mol. The Kier molecular flexibility index (Phi) is 7.00. The Bertz CT molecular complexity index is 3460. The second-order valence-corrected chi connectivity index (χ2v) is 18.3. The first-order valence-corrected chi connectivity index (χ1v) is 21.8. The minimum atomic E-state index is -0.490. The number of anilines is 3. The summed E-state index contributed by atoms with van der Waals surface area (Å²) in [6, 6.07) is 75.5. The third kappa shape index (κ3) is 4.44. The van der Waals surface area contributed by atoms with Crippen LogP contribution >= 0.6 is 11.8 Å². The average Bonchev–Trinajstić information content (AvgIpc) is 3.53. The van der Waals surface area contributed by atoms with E-state index < -0.39 is 5.41 Å². The highest BCUT2D eigenvalue weighted by Gasteiger charge is 2.48. The Hall–Kier alpha value is -6.87. The van der Waals surface area contributed by atoms with Crippen molar-refractivity contribution in [3.05, 3.63) is 234 Å². The molecule has 10 aromatic rings. The molecule has 3 aliphatic rings. The number of benzene rings is 10. The summed E-state index contributed by atoms with van der Waals surface area (Å²) in [6.07, 6.45) is 0. The van der Waals surface area contributed by atoms with Crippen LogP contribution in [0.5, 0.6) is 0 Å². The molecule has 2 heteroatoms. The van der Waals surface area contributed by atoms with Crippen LogP contribution in [0.3, 0.4) is 0 Å². The smallest absolute Gasteiger partial charge is 0.0735 e. The fraction of sp³-hybridized carbons (Fsp3) is 0.0690. The molecule has 0 aromatic heterocycles. The summed E-state index contributed by atoms with van der Waals surface area (Å²) in [6.45, 7) is 4.81. The Morgan fingerprint density at radius 2 is 0.967 bits per heavy atom. The van der Waals surface area contributed by atoms with Crippen LogP contribution in [0, 0.1) is 0 Å². The Morgan fingerprint density at radius 1 is 0.383 bits per heavy atom. The lowest BCUT2D eigenvalue weighted by Gasteiger charge is -2.46. The SMILES string of the molecule is CC1(C)c2cc(N(c3ccc4c(c3)Sc3ccccc3C43c4ccccc4-c4cccc5cccc3c45)c3cccc4ccccc34)ccc2-c2ccc3ccccc3c21. The van der Waals surface area contributed by atoms with Crippen molar-refractivity contribution in [1.82, 2.24) is 0 Å². The average molecular weight is 782 g/mol. The van der Waals surface area contributed by atoms with Gasteiger partial charge in [0.15, 0.2) is 0 Å². The minimum Gasteiger partial charge on any atom is -0.310 e. The Morgan fingerprint density at radius 3 is 1.85 bits per heavy atom. The molecule has 10 aromatic carbocycles. The van der Waals surface area contributed by atoms with E-state index in [1.54, 1.807) is 0 Å². The van der Waals surface area contributed by atoms with Crippen LogP contribution in [0.2, 0.25) is 0 Å². The Balaban J connectivity index is 1.07. The van der Waals surface area contributed by atoms with E-state index in [2.05, 4.69) is 219 Å². The van der Waals surface area contributed by atoms with Crippen LogP contribution in [0.4, 0.5) is 17.1 Å². The fourth-order valence-electron chi connectivity index (χ4n) is 11.4. The van der Waals surface area contributed by atoms with Crippen molar-refractivity contribution in [3.63, 3.8) is 0 Å². The van der Waals surface area contributed by atoms with E-state index in [1.807, 2.05) is 11.8 Å². The molecule has 2 aliphatic carbocycles. The van der Waals surface area contributed by atoms with E-state index in [0.29, 0.717) is 0 Å². The second-order valence-electron chi connectivity index (χ2n) is 17.2. The van der Waals surface area contributed by atoms with Gasteiger partial charge in [0.05, 0.1) is 11.1 Å². The summed E-state index contributed by atoms with van der Waals surface area (Å²) in [7, 11) is 0. The van der Waals surface area contributed by atoms with Gasteiger partial charge in [0.25, 0.3) is 0 Å². The van der Waals surface area contributed by atoms with Gasteiger partial charge in [0.1, 0.15) is 0 Å². The molecule has 0 N–H and O–H groups in total. The van der Waals surface area contributed by atoms with Crippen molar-refractivity contribution in [1.29, 1.82) is 0 Å². The zero-order valence-electron chi connectivity index (χ0n) is 33.4. The summed E-state index contributed by atoms with van der Waals surface area (Å²) in [5, 5.41) is 7.72. The number of rotatable bonds is 3. The van der Waals surface area contributed by atoms with Crippen molar-refractivity contribution in [2.45, 2.75) is 34.5 Å². The van der Waals surface area contributed by atoms with Gasteiger partial charge in [-0.25, -0.2) is 0 Å². The van der Waals surface area contributed by atoms with Crippen molar-refractivity contribution in [2.24, 2.45) is 0 Å². The Labute approximate surface area is 354 Å². The monoisotopic (exact) mass is 781 g/mol. The summed E-state index contributed by atoms with van der Waals surface area (Å²) >= 11 is 1.91. The number of hydrogen-bond acceptors (Lipinski definition) is 2. The van der Waals surface area contributed by atoms with Crippen molar-refractivity contribution < 1.29 is 0 Å². The topological polar surface area (TPSA) is 3.24 Å². The van der Waals surface area contributed by atoms with Crippen LogP contribution in [-0.2, 0) is 10.8 Å². The molecule has 60 heavy (non-hydrogen) atoms. The van der Waals surface area contributed by atoms with Crippen molar-refractivity contribution >= 4 is 61.1 Å². The summed E-state index contributed by atoms with van der Waals surface area (Å²) in [4.78, 5) is 5.09. The van der Waals surface area contributed by atoms with E-state index in [1.165, 1.54) is 103 Å². The van der Waals surface area contributed by atoms with E-state index >= 15 is 0 Å². The first-order valence-electron chi connectivity index (χ1n) is 21.0. The van der Waals surface area contributed by atoms with Gasteiger partial charge in [-0.15, -0.1) is 0 Å². The molecule has 0 saturated carbocycles. The normalized spacial score (nSPS) is 16.3. The molecule has 1 atom stereocenters. The fourth-order valence-corrected chi connectivity index (χ4v) is 12.6. The molecule has 1 unspecified atom stereocenters. The van der Waals surface area contributed by atoms with E-state index in [9.17, 15) is 0 Å². The van der Waals surface area contributed by atoms with Gasteiger partial charge in [-0.05, 0) is 119 Å². The van der Waals surface area contributed by atoms with Crippen molar-refractivity contribution in [3.8, 4) is 22.3 Å². The second kappa shape index (κ2) is 12.3. The number of fused-ring (bicyclic) bond motifs is 14. The highest BCUT2D eigenvalue weighted by Crippen LogP contribution is 2.62. The number of hydrogen-bond donors (Lipinski definition) is 0. The lowest BCUT2D eigenvalue weighted by atomic mass is 9.59. The standard InChI is InChI=1S/C58H39NS/c1-57(2)51-34-39(29-32-44(51)46-31-28-37-15-4-6-20-42(37)56(46)57)59(52-26-13-16-36-14-3-5-19-41(36)52)40-30-33-49-54(35-40)60-53-27-10-9-24-48(53)58(49)47-23-8-7-21-43(47)45-22-11-17-38-18-12-25-50(58)55(38)45/h3-35H,1-2H3. The molecule has 1 aliphatic heterocycles. The van der Waals surface area contributed by atoms with Crippen LogP contribution < -0.4 is 4.90 Å². The van der Waals surface area contributed by atoms with Gasteiger partial charge in [0.2, 0.25) is 0 Å². The zero-order valence-corrected chi connectivity index (χ0v) is 34.2. The van der Waals surface area contributed by atoms with E-state index in [-0.39, 0.29) is 5.41 Å². The zero-order chi connectivity index (χ0) is 39.7. The molecule has 282 valence electrons. The van der Waals surface area contributed by atoms with Crippen LogP contribution in [0.1, 0.15) is 47.2 Å². The maximum atomic E-state index is 2.51. The van der Waals surface area contributed by atoms with Crippen molar-refractivity contribution in [2.75, 3.05) is 4.90 Å².